The Morgan fingerprint density at radius 2 is 1.23 bits per heavy atom. The highest BCUT2D eigenvalue weighted by atomic mass is 35.5. The second-order valence-electron chi connectivity index (χ2n) is 22.9. The van der Waals surface area contributed by atoms with Crippen LogP contribution in [0.2, 0.25) is 29.7 Å². The third-order valence-corrected chi connectivity index (χ3v) is 18.3. The quantitative estimate of drug-likeness (QED) is 0.0773. The first kappa shape index (κ1) is 65.4. The predicted molar refractivity (Wildman–Crippen MR) is 335 cm³/mol. The first-order valence-electron chi connectivity index (χ1n) is 28.8. The van der Waals surface area contributed by atoms with Gasteiger partial charge < -0.3 is 42.7 Å². The maximum atomic E-state index is 13.5. The Balaban J connectivity index is 0.000000161. The summed E-state index contributed by atoms with van der Waals surface area (Å²) in [4.78, 5) is 32.6. The lowest BCUT2D eigenvalue weighted by Crippen LogP contribution is -2.65. The number of carbonyl (C=O) groups excluding carboxylic acids is 2. The number of allylic oxidation sites excluding steroid dienone is 1. The second kappa shape index (κ2) is 29.3. The van der Waals surface area contributed by atoms with E-state index in [9.17, 15) is 14.7 Å². The molecule has 0 bridgehead atoms. The standard InChI is InChI=1S/C19H25NO4.C18H23NO2S.C17H22Cl2O3Si.C12H14O2/c1-14-8-9-19(15(2)24-14,20-10-12-23-13-11-20)18(21)16-4-6-17(22-3)7-5-16;1-14-4-6-16(7-5-14)17(22)18(8-3-11-21-15(18)2)19-9-12-20-13-10-19;1-5-14-17(10-7-11-21-14,22-23(2,3)4)16(20)15-12(18)8-6-9-13(15)19;1-10-3-5-11(6-4-10)12(13)7-2-8-14-9-12/h4-8,15H,9-13H2,1-3H3;3-7,11,15H,8-10,12-13H2,1-2H3;6-9,11,14H,5,10H2,1-4H3;2-6,8,13H,7,9H2,1H3. The molecule has 6 heterocycles. The summed E-state index contributed by atoms with van der Waals surface area (Å²) in [6.07, 6.45) is 15.6. The molecule has 0 radical (unpaired) electrons. The van der Waals surface area contributed by atoms with Crippen LogP contribution in [0.25, 0.3) is 0 Å². The van der Waals surface area contributed by atoms with Crippen LogP contribution < -0.4 is 4.74 Å². The van der Waals surface area contributed by atoms with Crippen molar-refractivity contribution < 1.29 is 52.3 Å². The number of benzene rings is 4. The van der Waals surface area contributed by atoms with E-state index in [1.165, 1.54) is 11.1 Å². The Morgan fingerprint density at radius 1 is 0.687 bits per heavy atom. The molecule has 0 spiro atoms. The van der Waals surface area contributed by atoms with E-state index < -0.39 is 25.1 Å². The highest BCUT2D eigenvalue weighted by Gasteiger charge is 2.53. The van der Waals surface area contributed by atoms with E-state index in [0.29, 0.717) is 66.7 Å². The van der Waals surface area contributed by atoms with Gasteiger partial charge in [-0.2, -0.15) is 0 Å². The van der Waals surface area contributed by atoms with Gasteiger partial charge in [0.25, 0.3) is 0 Å². The Morgan fingerprint density at radius 3 is 1.76 bits per heavy atom. The highest BCUT2D eigenvalue weighted by molar-refractivity contribution is 7.81. The number of methoxy groups -OCH3 is 1. The SMILES string of the molecule is CCC1OC=CCC1(O[Si](C)(C)C)C(=O)c1c(Cl)cccc1Cl.COc1ccc(C(=O)C2(N3CCOCC3)CC=C(C)OC2C)cc1.Cc1ccc(C(=S)C2(N3CCOCC3)CC=COC2C)cc1.Cc1ccc(C2(O)CC=COC2)cc1. The molecule has 1 N–H and O–H groups in total. The van der Waals surface area contributed by atoms with Gasteiger partial charge in [-0.25, -0.2) is 0 Å². The normalized spacial score (nSPS) is 26.9. The fraction of sp³-hybridized carbons (Fsp3) is 0.470. The molecule has 6 aliphatic heterocycles. The molecule has 2 fully saturated rings. The van der Waals surface area contributed by atoms with Crippen molar-refractivity contribution in [2.24, 2.45) is 0 Å². The molecule has 448 valence electrons. The summed E-state index contributed by atoms with van der Waals surface area (Å²) in [6.45, 7) is 24.8. The number of halogens is 2. The van der Waals surface area contributed by atoms with E-state index in [2.05, 4.69) is 73.6 Å². The van der Waals surface area contributed by atoms with E-state index in [1.54, 1.807) is 44.1 Å². The number of hydrogen-bond acceptors (Lipinski definition) is 14. The Bertz CT molecular complexity index is 2920. The van der Waals surface area contributed by atoms with Crippen LogP contribution in [0.15, 0.2) is 140 Å². The summed E-state index contributed by atoms with van der Waals surface area (Å²) in [5, 5.41) is 10.9. The van der Waals surface area contributed by atoms with Gasteiger partial charge >= 0.3 is 0 Å². The fourth-order valence-corrected chi connectivity index (χ4v) is 14.1. The van der Waals surface area contributed by atoms with Gasteiger partial charge in [0.15, 0.2) is 19.7 Å². The second-order valence-corrected chi connectivity index (χ2v) is 28.5. The van der Waals surface area contributed by atoms with Gasteiger partial charge in [-0.3, -0.25) is 19.4 Å². The summed E-state index contributed by atoms with van der Waals surface area (Å²) < 4.78 is 45.3. The number of ketones is 2. The van der Waals surface area contributed by atoms with Gasteiger partial charge in [-0.1, -0.05) is 108 Å². The number of aliphatic hydroxyl groups is 1. The Labute approximate surface area is 508 Å². The van der Waals surface area contributed by atoms with Crippen molar-refractivity contribution in [1.82, 2.24) is 9.80 Å². The number of nitrogens with zero attached hydrogens (tertiary/aromatic N) is 2. The molecule has 13 nitrogen and oxygen atoms in total. The van der Waals surface area contributed by atoms with Gasteiger partial charge in [-0.05, 0) is 145 Å². The van der Waals surface area contributed by atoms with Crippen LogP contribution in [0.4, 0.5) is 0 Å². The van der Waals surface area contributed by atoms with Gasteiger partial charge in [-0.15, -0.1) is 0 Å². The number of rotatable bonds is 13. The van der Waals surface area contributed by atoms with Crippen LogP contribution in [-0.2, 0) is 38.4 Å². The summed E-state index contributed by atoms with van der Waals surface area (Å²) in [7, 11) is -0.405. The summed E-state index contributed by atoms with van der Waals surface area (Å²) in [5.74, 6) is 1.53. The molecular weight excluding hydrogens is 1130 g/mol. The van der Waals surface area contributed by atoms with Crippen LogP contribution in [0.3, 0.4) is 0 Å². The predicted octanol–water partition coefficient (Wildman–Crippen LogP) is 13.4. The van der Waals surface area contributed by atoms with Crippen molar-refractivity contribution in [3.8, 4) is 5.75 Å². The van der Waals surface area contributed by atoms with Crippen LogP contribution in [0.1, 0.15) is 103 Å². The zero-order valence-corrected chi connectivity index (χ0v) is 53.2. The summed E-state index contributed by atoms with van der Waals surface area (Å²) in [5.41, 5.74) is 2.62. The third kappa shape index (κ3) is 15.5. The van der Waals surface area contributed by atoms with Crippen LogP contribution in [0, 0.1) is 13.8 Å². The maximum absolute atomic E-state index is 13.5. The average molecular weight is 1210 g/mol. The lowest BCUT2D eigenvalue weighted by molar-refractivity contribution is -0.0712. The lowest BCUT2D eigenvalue weighted by atomic mass is 9.78. The van der Waals surface area contributed by atoms with Crippen molar-refractivity contribution in [2.75, 3.05) is 66.3 Å². The fourth-order valence-electron chi connectivity index (χ4n) is 11.6. The van der Waals surface area contributed by atoms with E-state index in [0.717, 1.165) is 73.3 Å². The maximum Gasteiger partial charge on any atom is 0.200 e. The molecule has 4 aromatic carbocycles. The number of ether oxygens (including phenoxy) is 7. The molecule has 10 rings (SSSR count). The zero-order valence-electron chi connectivity index (χ0n) is 49.9. The molecular formula is C66H84Cl2N2O11SSi. The minimum atomic E-state index is -2.03. The zero-order chi connectivity index (χ0) is 60.0. The van der Waals surface area contributed by atoms with E-state index in [-0.39, 0.29) is 35.4 Å². The highest BCUT2D eigenvalue weighted by Crippen LogP contribution is 2.41. The van der Waals surface area contributed by atoms with Crippen molar-refractivity contribution in [3.63, 3.8) is 0 Å². The molecule has 2 saturated heterocycles. The molecule has 0 aliphatic carbocycles. The average Bonchev–Trinajstić information content (AvgIpc) is 2.37. The minimum Gasteiger partial charge on any atom is -0.498 e. The Hall–Kier alpha value is -5.17. The van der Waals surface area contributed by atoms with Crippen molar-refractivity contribution in [2.45, 2.75) is 134 Å². The smallest absolute Gasteiger partial charge is 0.200 e. The van der Waals surface area contributed by atoms with Crippen molar-refractivity contribution >= 4 is 60.2 Å². The first-order valence-corrected chi connectivity index (χ1v) is 33.4. The number of carbonyl (C=O) groups is 2. The van der Waals surface area contributed by atoms with E-state index in [1.807, 2.05) is 94.5 Å². The number of hydrogen-bond donors (Lipinski definition) is 1. The molecule has 0 aromatic heterocycles. The van der Waals surface area contributed by atoms with Crippen LogP contribution >= 0.6 is 35.4 Å². The number of morpholine rings is 2. The molecule has 4 aromatic rings. The lowest BCUT2D eigenvalue weighted by Gasteiger charge is -2.50. The molecule has 83 heavy (non-hydrogen) atoms. The van der Waals surface area contributed by atoms with Crippen LogP contribution in [-0.4, -0.2) is 141 Å². The van der Waals surface area contributed by atoms with E-state index in [4.69, 9.17) is 73.0 Å². The van der Waals surface area contributed by atoms with Gasteiger partial charge in [0, 0.05) is 49.4 Å². The van der Waals surface area contributed by atoms with Gasteiger partial charge in [0.2, 0.25) is 5.78 Å². The number of aryl methyl sites for hydroxylation is 2. The van der Waals surface area contributed by atoms with Crippen LogP contribution in [0.5, 0.6) is 5.75 Å². The molecule has 0 amide bonds. The molecule has 7 unspecified atom stereocenters. The minimum absolute atomic E-state index is 0.0319. The summed E-state index contributed by atoms with van der Waals surface area (Å²) in [6, 6.07) is 28.8. The third-order valence-electron chi connectivity index (χ3n) is 16.1. The number of Topliss-reactive ketones (excluding diaryl/α,β-unsaturated/α-hetero) is 2. The molecule has 6 aliphatic rings. The molecule has 17 heteroatoms. The molecule has 7 atom stereocenters. The van der Waals surface area contributed by atoms with Crippen molar-refractivity contribution in [1.29, 1.82) is 0 Å². The van der Waals surface area contributed by atoms with Gasteiger partial charge in [0.05, 0.1) is 79.2 Å². The van der Waals surface area contributed by atoms with E-state index >= 15 is 0 Å². The first-order chi connectivity index (χ1) is 39.6. The number of thiocarbonyl (C=S) groups is 1. The Kier molecular flexibility index (Phi) is 23.1. The van der Waals surface area contributed by atoms with Gasteiger partial charge in [0.1, 0.15) is 41.8 Å². The van der Waals surface area contributed by atoms with Crippen molar-refractivity contribution in [3.05, 3.63) is 183 Å². The largest absolute Gasteiger partial charge is 0.498 e. The summed E-state index contributed by atoms with van der Waals surface area (Å²) >= 11 is 18.5. The monoisotopic (exact) mass is 1210 g/mol. The topological polar surface area (TPSA) is 135 Å². The molecule has 0 saturated carbocycles.